The Morgan fingerprint density at radius 3 is 2.65 bits per heavy atom. The van der Waals surface area contributed by atoms with Crippen LogP contribution in [0.2, 0.25) is 0 Å². The lowest BCUT2D eigenvalue weighted by atomic mass is 9.94. The first-order valence-corrected chi connectivity index (χ1v) is 6.79. The maximum Gasteiger partial charge on any atom is 0.224 e. The molecule has 1 aromatic carbocycles. The molecule has 0 aliphatic heterocycles. The van der Waals surface area contributed by atoms with Gasteiger partial charge in [0.1, 0.15) is 0 Å². The fourth-order valence-corrected chi connectivity index (χ4v) is 2.72. The van der Waals surface area contributed by atoms with Gasteiger partial charge in [0.2, 0.25) is 5.91 Å². The zero-order valence-electron chi connectivity index (χ0n) is 9.93. The first-order chi connectivity index (χ1) is 8.25. The number of amides is 1. The summed E-state index contributed by atoms with van der Waals surface area (Å²) in [6, 6.07) is 10.1. The minimum atomic E-state index is 0.113. The lowest BCUT2D eigenvalue weighted by molar-refractivity contribution is -0.121. The van der Waals surface area contributed by atoms with Gasteiger partial charge in [0.05, 0.1) is 6.42 Å². The molecule has 1 saturated carbocycles. The highest BCUT2D eigenvalue weighted by molar-refractivity contribution is 7.81. The fraction of sp³-hybridized carbons (Fsp3) is 0.500. The average molecular weight is 249 g/mol. The first-order valence-electron chi connectivity index (χ1n) is 6.27. The van der Waals surface area contributed by atoms with Gasteiger partial charge in [0.25, 0.3) is 0 Å². The molecule has 2 rings (SSSR count). The molecule has 0 bridgehead atoms. The van der Waals surface area contributed by atoms with Gasteiger partial charge < -0.3 is 5.32 Å². The minimum Gasteiger partial charge on any atom is -0.352 e. The molecule has 0 spiro atoms. The van der Waals surface area contributed by atoms with Crippen molar-refractivity contribution in [1.29, 1.82) is 0 Å². The summed E-state index contributed by atoms with van der Waals surface area (Å²) in [6.45, 7) is 0. The molecule has 0 heterocycles. The number of benzene rings is 1. The van der Waals surface area contributed by atoms with Gasteiger partial charge >= 0.3 is 0 Å². The molecule has 2 unspecified atom stereocenters. The van der Waals surface area contributed by atoms with E-state index in [1.807, 2.05) is 30.3 Å². The smallest absolute Gasteiger partial charge is 0.224 e. The highest BCUT2D eigenvalue weighted by atomic mass is 32.1. The molecule has 2 nitrogen and oxygen atoms in total. The van der Waals surface area contributed by atoms with Crippen LogP contribution in [-0.2, 0) is 11.2 Å². The van der Waals surface area contributed by atoms with Gasteiger partial charge in [-0.15, -0.1) is 0 Å². The standard InChI is InChI=1S/C14H19NOS/c16-14(10-11-6-2-1-3-7-11)15-12-8-4-5-9-13(12)17/h1-3,6-7,12-13,17H,4-5,8-10H2,(H,15,16). The van der Waals surface area contributed by atoms with Gasteiger partial charge in [-0.2, -0.15) is 12.6 Å². The summed E-state index contributed by atoms with van der Waals surface area (Å²) in [6.07, 6.45) is 5.08. The van der Waals surface area contributed by atoms with Crippen LogP contribution < -0.4 is 5.32 Å². The normalized spacial score (nSPS) is 24.3. The number of hydrogen-bond acceptors (Lipinski definition) is 2. The summed E-state index contributed by atoms with van der Waals surface area (Å²) in [5.41, 5.74) is 1.07. The van der Waals surface area contributed by atoms with Crippen LogP contribution >= 0.6 is 12.6 Å². The van der Waals surface area contributed by atoms with Crippen LogP contribution in [0.25, 0.3) is 0 Å². The second kappa shape index (κ2) is 6.10. The third kappa shape index (κ3) is 3.77. The predicted molar refractivity (Wildman–Crippen MR) is 73.3 cm³/mol. The summed E-state index contributed by atoms with van der Waals surface area (Å²) in [4.78, 5) is 11.9. The van der Waals surface area contributed by atoms with Crippen molar-refractivity contribution in [1.82, 2.24) is 5.32 Å². The third-order valence-electron chi connectivity index (χ3n) is 3.28. The van der Waals surface area contributed by atoms with Gasteiger partial charge in [0.15, 0.2) is 0 Å². The van der Waals surface area contributed by atoms with Crippen LogP contribution in [0.4, 0.5) is 0 Å². The van der Waals surface area contributed by atoms with Crippen LogP contribution in [-0.4, -0.2) is 17.2 Å². The summed E-state index contributed by atoms with van der Waals surface area (Å²) in [7, 11) is 0. The second-order valence-electron chi connectivity index (χ2n) is 4.69. The number of nitrogens with one attached hydrogen (secondary N) is 1. The van der Waals surface area contributed by atoms with E-state index in [0.29, 0.717) is 11.7 Å². The molecule has 2 atom stereocenters. The highest BCUT2D eigenvalue weighted by Gasteiger charge is 2.23. The Labute approximate surface area is 108 Å². The van der Waals surface area contributed by atoms with Crippen molar-refractivity contribution >= 4 is 18.5 Å². The molecule has 3 heteroatoms. The van der Waals surface area contributed by atoms with E-state index in [1.165, 1.54) is 12.8 Å². The van der Waals surface area contributed by atoms with Crippen molar-refractivity contribution in [3.63, 3.8) is 0 Å². The number of carbonyl (C=O) groups is 1. The van der Waals surface area contributed by atoms with Gasteiger partial charge in [-0.3, -0.25) is 4.79 Å². The maximum atomic E-state index is 11.9. The van der Waals surface area contributed by atoms with E-state index in [0.717, 1.165) is 18.4 Å². The van der Waals surface area contributed by atoms with Crippen molar-refractivity contribution in [2.24, 2.45) is 0 Å². The van der Waals surface area contributed by atoms with Crippen molar-refractivity contribution in [2.45, 2.75) is 43.4 Å². The monoisotopic (exact) mass is 249 g/mol. The molecule has 1 fully saturated rings. The van der Waals surface area contributed by atoms with Crippen molar-refractivity contribution < 1.29 is 4.79 Å². The topological polar surface area (TPSA) is 29.1 Å². The molecule has 1 aliphatic carbocycles. The number of rotatable bonds is 3. The van der Waals surface area contributed by atoms with Crippen LogP contribution in [0, 0.1) is 0 Å². The summed E-state index contributed by atoms with van der Waals surface area (Å²) >= 11 is 4.54. The summed E-state index contributed by atoms with van der Waals surface area (Å²) < 4.78 is 0. The van der Waals surface area contributed by atoms with Crippen LogP contribution in [0.5, 0.6) is 0 Å². The number of carbonyl (C=O) groups excluding carboxylic acids is 1. The van der Waals surface area contributed by atoms with E-state index < -0.39 is 0 Å². The predicted octanol–water partition coefficient (Wildman–Crippen LogP) is 2.59. The molecule has 0 radical (unpaired) electrons. The van der Waals surface area contributed by atoms with E-state index >= 15 is 0 Å². The Kier molecular flexibility index (Phi) is 4.49. The molecular weight excluding hydrogens is 230 g/mol. The van der Waals surface area contributed by atoms with E-state index in [1.54, 1.807) is 0 Å². The molecule has 92 valence electrons. The van der Waals surface area contributed by atoms with E-state index in [2.05, 4.69) is 17.9 Å². The summed E-state index contributed by atoms with van der Waals surface area (Å²) in [5.74, 6) is 0.113. The Balaban J connectivity index is 1.84. The molecule has 0 aromatic heterocycles. The maximum absolute atomic E-state index is 11.9. The molecular formula is C14H19NOS. The molecule has 17 heavy (non-hydrogen) atoms. The molecule has 1 amide bonds. The summed E-state index contributed by atoms with van der Waals surface area (Å²) in [5, 5.41) is 3.42. The van der Waals surface area contributed by atoms with Crippen LogP contribution in [0.15, 0.2) is 30.3 Å². The molecule has 1 aliphatic rings. The lowest BCUT2D eigenvalue weighted by Crippen LogP contribution is -2.43. The van der Waals surface area contributed by atoms with Gasteiger partial charge in [0, 0.05) is 11.3 Å². The fourth-order valence-electron chi connectivity index (χ4n) is 2.32. The van der Waals surface area contributed by atoms with E-state index in [-0.39, 0.29) is 11.9 Å². The lowest BCUT2D eigenvalue weighted by Gasteiger charge is -2.28. The molecule has 1 N–H and O–H groups in total. The van der Waals surface area contributed by atoms with Gasteiger partial charge in [-0.05, 0) is 18.4 Å². The van der Waals surface area contributed by atoms with Crippen LogP contribution in [0.3, 0.4) is 0 Å². The largest absolute Gasteiger partial charge is 0.352 e. The Bertz CT molecular complexity index is 366. The van der Waals surface area contributed by atoms with E-state index in [9.17, 15) is 4.79 Å². The molecule has 1 aromatic rings. The zero-order valence-corrected chi connectivity index (χ0v) is 10.8. The highest BCUT2D eigenvalue weighted by Crippen LogP contribution is 2.22. The van der Waals surface area contributed by atoms with Crippen molar-refractivity contribution in [2.75, 3.05) is 0 Å². The van der Waals surface area contributed by atoms with Crippen molar-refractivity contribution in [3.05, 3.63) is 35.9 Å². The number of hydrogen-bond donors (Lipinski definition) is 2. The first kappa shape index (κ1) is 12.5. The Morgan fingerprint density at radius 1 is 1.24 bits per heavy atom. The SMILES string of the molecule is O=C(Cc1ccccc1)NC1CCCCC1S. The third-order valence-corrected chi connectivity index (χ3v) is 3.90. The number of thiol groups is 1. The van der Waals surface area contributed by atoms with E-state index in [4.69, 9.17) is 0 Å². The Hall–Kier alpha value is -0.960. The quantitative estimate of drug-likeness (QED) is 0.792. The van der Waals surface area contributed by atoms with Crippen LogP contribution in [0.1, 0.15) is 31.2 Å². The van der Waals surface area contributed by atoms with Crippen molar-refractivity contribution in [3.8, 4) is 0 Å². The second-order valence-corrected chi connectivity index (χ2v) is 5.35. The minimum absolute atomic E-state index is 0.113. The van der Waals surface area contributed by atoms with Gasteiger partial charge in [-0.25, -0.2) is 0 Å². The average Bonchev–Trinajstić information content (AvgIpc) is 2.33. The Morgan fingerprint density at radius 2 is 1.94 bits per heavy atom. The zero-order chi connectivity index (χ0) is 12.1. The molecule has 0 saturated heterocycles. The van der Waals surface area contributed by atoms with Gasteiger partial charge in [-0.1, -0.05) is 43.2 Å².